The van der Waals surface area contributed by atoms with E-state index in [4.69, 9.17) is 4.74 Å². The van der Waals surface area contributed by atoms with Crippen molar-refractivity contribution < 1.29 is 22.7 Å². The lowest BCUT2D eigenvalue weighted by Crippen LogP contribution is -2.59. The summed E-state index contributed by atoms with van der Waals surface area (Å²) in [7, 11) is -3.91. The molecule has 0 bridgehead atoms. The Bertz CT molecular complexity index is 1000. The number of aryl methyl sites for hydroxylation is 1. The van der Waals surface area contributed by atoms with Crippen molar-refractivity contribution in [2.24, 2.45) is 0 Å². The van der Waals surface area contributed by atoms with E-state index in [1.165, 1.54) is 26.0 Å². The summed E-state index contributed by atoms with van der Waals surface area (Å²) >= 11 is 0. The average Bonchev–Trinajstić information content (AvgIpc) is 2.90. The fourth-order valence-electron chi connectivity index (χ4n) is 2.71. The molecule has 2 aromatic rings. The molecule has 1 aliphatic rings. The van der Waals surface area contributed by atoms with Crippen LogP contribution in [-0.2, 0) is 14.8 Å². The van der Waals surface area contributed by atoms with E-state index in [0.717, 1.165) is 5.56 Å². The Kier molecular flexibility index (Phi) is 5.14. The second-order valence-electron chi connectivity index (χ2n) is 6.84. The zero-order valence-electron chi connectivity index (χ0n) is 15.6. The molecule has 3 N–H and O–H groups in total. The molecule has 0 spiro atoms. The van der Waals surface area contributed by atoms with Crippen LogP contribution in [0.1, 0.15) is 19.4 Å². The van der Waals surface area contributed by atoms with Crippen LogP contribution < -0.4 is 20.1 Å². The molecular weight excluding hydrogens is 382 g/mol. The van der Waals surface area contributed by atoms with Gasteiger partial charge in [0.05, 0.1) is 10.9 Å². The number of carbonyl (C=O) groups excluding carboxylic acids is 2. The third-order valence-corrected chi connectivity index (χ3v) is 6.22. The smallest absolute Gasteiger partial charge is 0.322 e. The lowest BCUT2D eigenvalue weighted by Gasteiger charge is -2.28. The van der Waals surface area contributed by atoms with Crippen molar-refractivity contribution >= 4 is 22.0 Å². The van der Waals surface area contributed by atoms with Gasteiger partial charge in [0.25, 0.3) is 5.91 Å². The third-order valence-electron chi connectivity index (χ3n) is 4.66. The Labute approximate surface area is 163 Å². The van der Waals surface area contributed by atoms with E-state index in [0.29, 0.717) is 11.5 Å². The van der Waals surface area contributed by atoms with Gasteiger partial charge in [0.1, 0.15) is 17.0 Å². The quantitative estimate of drug-likeness (QED) is 0.639. The zero-order chi connectivity index (χ0) is 20.5. The van der Waals surface area contributed by atoms with Gasteiger partial charge in [0, 0.05) is 0 Å². The Hall–Kier alpha value is -2.91. The van der Waals surface area contributed by atoms with E-state index in [1.54, 1.807) is 12.1 Å². The molecule has 1 heterocycles. The normalized spacial score (nSPS) is 20.4. The Balaban J connectivity index is 1.72. The highest BCUT2D eigenvalue weighted by Crippen LogP contribution is 2.24. The molecule has 148 valence electrons. The van der Waals surface area contributed by atoms with E-state index in [1.807, 2.05) is 31.2 Å². The Morgan fingerprint density at radius 1 is 1.00 bits per heavy atom. The summed E-state index contributed by atoms with van der Waals surface area (Å²) in [5.41, 5.74) is -0.270. The van der Waals surface area contributed by atoms with Gasteiger partial charge >= 0.3 is 6.03 Å². The molecule has 2 atom stereocenters. The minimum absolute atomic E-state index is 0.0175. The van der Waals surface area contributed by atoms with Crippen LogP contribution in [0.3, 0.4) is 0 Å². The lowest BCUT2D eigenvalue weighted by molar-refractivity contribution is -0.124. The van der Waals surface area contributed by atoms with E-state index < -0.39 is 33.5 Å². The fraction of sp³-hybridized carbons (Fsp3) is 0.263. The predicted octanol–water partition coefficient (Wildman–Crippen LogP) is 2.05. The van der Waals surface area contributed by atoms with E-state index in [9.17, 15) is 18.0 Å². The SMILES string of the molecule is Cc1ccc(Oc2ccc(S(=O)(=O)N[C@H](C)[C@@]3(C)NC(=O)NC3=O)cc2)cc1. The lowest BCUT2D eigenvalue weighted by atomic mass is 9.95. The molecular formula is C19H21N3O5S. The van der Waals surface area contributed by atoms with E-state index in [-0.39, 0.29) is 4.90 Å². The van der Waals surface area contributed by atoms with Crippen molar-refractivity contribution in [1.29, 1.82) is 0 Å². The molecule has 1 saturated heterocycles. The van der Waals surface area contributed by atoms with Gasteiger partial charge in [0.2, 0.25) is 10.0 Å². The monoisotopic (exact) mass is 403 g/mol. The molecule has 1 fully saturated rings. The first kappa shape index (κ1) is 19.8. The summed E-state index contributed by atoms with van der Waals surface area (Å²) < 4.78 is 33.4. The van der Waals surface area contributed by atoms with Crippen molar-refractivity contribution in [3.8, 4) is 11.5 Å². The standard InChI is InChI=1S/C19H21N3O5S/c1-12-4-6-14(7-5-12)27-15-8-10-16(11-9-15)28(25,26)22-13(2)19(3)17(23)20-18(24)21-19/h4-11,13,22H,1-3H3,(H2,20,21,23,24)/t13-,19-/m1/s1. The fourth-order valence-corrected chi connectivity index (χ4v) is 4.04. The van der Waals surface area contributed by atoms with Crippen molar-refractivity contribution in [1.82, 2.24) is 15.4 Å². The molecule has 9 heteroatoms. The van der Waals surface area contributed by atoms with Gasteiger partial charge in [-0.15, -0.1) is 0 Å². The third kappa shape index (κ3) is 4.00. The van der Waals surface area contributed by atoms with Gasteiger partial charge in [-0.1, -0.05) is 17.7 Å². The summed E-state index contributed by atoms with van der Waals surface area (Å²) in [6, 6.07) is 11.9. The van der Waals surface area contributed by atoms with E-state index >= 15 is 0 Å². The molecule has 3 rings (SSSR count). The molecule has 2 aromatic carbocycles. The number of urea groups is 1. The van der Waals surface area contributed by atoms with Gasteiger partial charge in [-0.25, -0.2) is 17.9 Å². The summed E-state index contributed by atoms with van der Waals surface area (Å²) in [6.45, 7) is 4.94. The van der Waals surface area contributed by atoms with Crippen LogP contribution in [0.4, 0.5) is 4.79 Å². The second kappa shape index (κ2) is 7.25. The number of imide groups is 1. The molecule has 3 amide bonds. The van der Waals surface area contributed by atoms with Crippen LogP contribution in [-0.4, -0.2) is 31.9 Å². The van der Waals surface area contributed by atoms with Crippen LogP contribution in [0.5, 0.6) is 11.5 Å². The summed E-state index contributed by atoms with van der Waals surface area (Å²) in [5.74, 6) is 0.545. The molecule has 0 unspecified atom stereocenters. The number of hydrogen-bond donors (Lipinski definition) is 3. The van der Waals surface area contributed by atoms with Crippen LogP contribution in [0, 0.1) is 6.92 Å². The minimum Gasteiger partial charge on any atom is -0.457 e. The molecule has 28 heavy (non-hydrogen) atoms. The first-order valence-electron chi connectivity index (χ1n) is 8.61. The highest BCUT2D eigenvalue weighted by atomic mass is 32.2. The Morgan fingerprint density at radius 2 is 1.54 bits per heavy atom. The van der Waals surface area contributed by atoms with Crippen LogP contribution in [0.2, 0.25) is 0 Å². The minimum atomic E-state index is -3.91. The molecule has 8 nitrogen and oxygen atoms in total. The number of carbonyl (C=O) groups is 2. The zero-order valence-corrected chi connectivity index (χ0v) is 16.5. The topological polar surface area (TPSA) is 114 Å². The number of nitrogens with one attached hydrogen (secondary N) is 3. The van der Waals surface area contributed by atoms with Crippen LogP contribution >= 0.6 is 0 Å². The summed E-state index contributed by atoms with van der Waals surface area (Å²) in [6.07, 6.45) is 0. The van der Waals surface area contributed by atoms with Gasteiger partial charge in [-0.3, -0.25) is 10.1 Å². The van der Waals surface area contributed by atoms with Crippen LogP contribution in [0.25, 0.3) is 0 Å². The van der Waals surface area contributed by atoms with Gasteiger partial charge in [0.15, 0.2) is 0 Å². The first-order chi connectivity index (χ1) is 13.1. The number of rotatable bonds is 6. The largest absolute Gasteiger partial charge is 0.457 e. The maximum Gasteiger partial charge on any atom is 0.322 e. The van der Waals surface area contributed by atoms with Crippen LogP contribution in [0.15, 0.2) is 53.4 Å². The summed E-state index contributed by atoms with van der Waals surface area (Å²) in [5, 5.41) is 4.56. The average molecular weight is 403 g/mol. The van der Waals surface area contributed by atoms with E-state index in [2.05, 4.69) is 15.4 Å². The van der Waals surface area contributed by atoms with Crippen molar-refractivity contribution in [3.63, 3.8) is 0 Å². The number of sulfonamides is 1. The molecule has 1 aliphatic heterocycles. The highest BCUT2D eigenvalue weighted by Gasteiger charge is 2.47. The first-order valence-corrected chi connectivity index (χ1v) is 10.1. The van der Waals surface area contributed by atoms with Crippen molar-refractivity contribution in [2.45, 2.75) is 37.2 Å². The Morgan fingerprint density at radius 3 is 2.04 bits per heavy atom. The van der Waals surface area contributed by atoms with Gasteiger partial charge in [-0.05, 0) is 57.2 Å². The number of hydrogen-bond acceptors (Lipinski definition) is 5. The maximum absolute atomic E-state index is 12.6. The molecule has 0 aromatic heterocycles. The molecule has 0 aliphatic carbocycles. The van der Waals surface area contributed by atoms with Gasteiger partial charge < -0.3 is 10.1 Å². The van der Waals surface area contributed by atoms with Crippen molar-refractivity contribution in [3.05, 3.63) is 54.1 Å². The second-order valence-corrected chi connectivity index (χ2v) is 8.55. The number of amides is 3. The van der Waals surface area contributed by atoms with Gasteiger partial charge in [-0.2, -0.15) is 0 Å². The maximum atomic E-state index is 12.6. The van der Waals surface area contributed by atoms with Crippen molar-refractivity contribution in [2.75, 3.05) is 0 Å². The molecule has 0 radical (unpaired) electrons. The number of ether oxygens (including phenoxy) is 1. The molecule has 0 saturated carbocycles. The summed E-state index contributed by atoms with van der Waals surface area (Å²) in [4.78, 5) is 23.4. The highest BCUT2D eigenvalue weighted by molar-refractivity contribution is 7.89. The number of benzene rings is 2. The predicted molar refractivity (Wildman–Crippen MR) is 103 cm³/mol.